The maximum atomic E-state index is 11.9. The van der Waals surface area contributed by atoms with Crippen LogP contribution in [0.2, 0.25) is 0 Å². The molecule has 2 heterocycles. The van der Waals surface area contributed by atoms with Crippen LogP contribution in [0, 0.1) is 0 Å². The van der Waals surface area contributed by atoms with Crippen LogP contribution in [0.25, 0.3) is 0 Å². The van der Waals surface area contributed by atoms with Crippen LogP contribution < -0.4 is 11.4 Å². The summed E-state index contributed by atoms with van der Waals surface area (Å²) in [6.45, 7) is -0.0901. The molecule has 0 saturated carbocycles. The number of hydrogen-bond donors (Lipinski definition) is 2. The molecular weight excluding hydrogens is 270 g/mol. The number of benzene rings is 1. The molecule has 3 atom stereocenters. The van der Waals surface area contributed by atoms with Crippen LogP contribution in [0.15, 0.2) is 47.4 Å². The van der Waals surface area contributed by atoms with Crippen LogP contribution in [0.5, 0.6) is 0 Å². The highest BCUT2D eigenvalue weighted by atomic mass is 16.5. The summed E-state index contributed by atoms with van der Waals surface area (Å²) in [5.41, 5.74) is 6.15. The number of nitrogen functional groups attached to an aromatic ring is 1. The predicted octanol–water partition coefficient (Wildman–Crippen LogP) is 0.889. The molecule has 1 aliphatic rings. The van der Waals surface area contributed by atoms with Crippen molar-refractivity contribution in [2.24, 2.45) is 0 Å². The third-order valence-electron chi connectivity index (χ3n) is 3.81. The van der Waals surface area contributed by atoms with E-state index in [1.807, 2.05) is 30.3 Å². The maximum absolute atomic E-state index is 11.9. The molecule has 1 saturated heterocycles. The second kappa shape index (κ2) is 5.67. The van der Waals surface area contributed by atoms with Crippen LogP contribution >= 0.6 is 0 Å². The Bertz CT molecular complexity index is 671. The summed E-state index contributed by atoms with van der Waals surface area (Å²) in [6, 6.07) is 11.4. The molecule has 3 rings (SSSR count). The van der Waals surface area contributed by atoms with Crippen molar-refractivity contribution in [2.45, 2.75) is 24.7 Å². The first-order chi connectivity index (χ1) is 10.2. The van der Waals surface area contributed by atoms with Crippen molar-refractivity contribution >= 4 is 5.82 Å². The van der Waals surface area contributed by atoms with Crippen molar-refractivity contribution in [2.75, 3.05) is 12.3 Å². The normalized spacial score (nSPS) is 25.1. The minimum absolute atomic E-state index is 0.0469. The SMILES string of the molecule is Nc1ccn([C@H]2C[C@@H](c3ccccc3)[C@@H](CO)O2)c(=O)n1. The summed E-state index contributed by atoms with van der Waals surface area (Å²) >= 11 is 0. The Labute approximate surface area is 121 Å². The molecule has 1 aromatic carbocycles. The Morgan fingerprint density at radius 1 is 1.33 bits per heavy atom. The van der Waals surface area contributed by atoms with Gasteiger partial charge in [-0.05, 0) is 11.6 Å². The lowest BCUT2D eigenvalue weighted by Gasteiger charge is -2.16. The van der Waals surface area contributed by atoms with Gasteiger partial charge in [-0.1, -0.05) is 30.3 Å². The highest BCUT2D eigenvalue weighted by Crippen LogP contribution is 2.39. The van der Waals surface area contributed by atoms with Gasteiger partial charge in [0.2, 0.25) is 0 Å². The number of aliphatic hydroxyl groups is 1. The number of anilines is 1. The van der Waals surface area contributed by atoms with Gasteiger partial charge in [-0.2, -0.15) is 4.98 Å². The number of nitrogens with two attached hydrogens (primary N) is 1. The molecule has 0 amide bonds. The van der Waals surface area contributed by atoms with Crippen LogP contribution in [-0.4, -0.2) is 27.4 Å². The van der Waals surface area contributed by atoms with Crippen LogP contribution in [0.1, 0.15) is 24.1 Å². The zero-order chi connectivity index (χ0) is 14.8. The van der Waals surface area contributed by atoms with Gasteiger partial charge in [0.1, 0.15) is 12.0 Å². The Kier molecular flexibility index (Phi) is 3.72. The van der Waals surface area contributed by atoms with E-state index in [0.29, 0.717) is 6.42 Å². The number of aromatic nitrogens is 2. The molecule has 0 bridgehead atoms. The lowest BCUT2D eigenvalue weighted by atomic mass is 9.92. The van der Waals surface area contributed by atoms with Gasteiger partial charge in [0, 0.05) is 18.5 Å². The van der Waals surface area contributed by atoms with E-state index in [2.05, 4.69) is 4.98 Å². The molecule has 21 heavy (non-hydrogen) atoms. The van der Waals surface area contributed by atoms with Crippen molar-refractivity contribution in [1.29, 1.82) is 0 Å². The topological polar surface area (TPSA) is 90.4 Å². The van der Waals surface area contributed by atoms with Gasteiger partial charge >= 0.3 is 5.69 Å². The Balaban J connectivity index is 1.89. The fourth-order valence-electron chi connectivity index (χ4n) is 2.77. The Morgan fingerprint density at radius 2 is 2.10 bits per heavy atom. The zero-order valence-electron chi connectivity index (χ0n) is 11.4. The molecule has 3 N–H and O–H groups in total. The van der Waals surface area contributed by atoms with Gasteiger partial charge < -0.3 is 15.6 Å². The van der Waals surface area contributed by atoms with E-state index < -0.39 is 11.9 Å². The van der Waals surface area contributed by atoms with Gasteiger partial charge in [-0.3, -0.25) is 4.57 Å². The molecule has 0 radical (unpaired) electrons. The predicted molar refractivity (Wildman–Crippen MR) is 77.7 cm³/mol. The van der Waals surface area contributed by atoms with Crippen molar-refractivity contribution in [3.05, 3.63) is 58.6 Å². The Hall–Kier alpha value is -2.18. The summed E-state index contributed by atoms with van der Waals surface area (Å²) in [4.78, 5) is 15.6. The summed E-state index contributed by atoms with van der Waals surface area (Å²) in [7, 11) is 0. The molecule has 6 nitrogen and oxygen atoms in total. The van der Waals surface area contributed by atoms with E-state index in [9.17, 15) is 9.90 Å². The van der Waals surface area contributed by atoms with Crippen molar-refractivity contribution in [1.82, 2.24) is 9.55 Å². The van der Waals surface area contributed by atoms with E-state index in [1.54, 1.807) is 12.3 Å². The van der Waals surface area contributed by atoms with Gasteiger partial charge in [-0.25, -0.2) is 4.79 Å². The molecule has 1 aromatic heterocycles. The summed E-state index contributed by atoms with van der Waals surface area (Å²) in [5, 5.41) is 9.53. The molecule has 6 heteroatoms. The van der Waals surface area contributed by atoms with Gasteiger partial charge in [0.15, 0.2) is 0 Å². The van der Waals surface area contributed by atoms with E-state index in [1.165, 1.54) is 4.57 Å². The first-order valence-corrected chi connectivity index (χ1v) is 6.85. The van der Waals surface area contributed by atoms with Crippen molar-refractivity contribution in [3.63, 3.8) is 0 Å². The van der Waals surface area contributed by atoms with Crippen LogP contribution in [0.3, 0.4) is 0 Å². The highest BCUT2D eigenvalue weighted by Gasteiger charge is 2.37. The second-order valence-corrected chi connectivity index (χ2v) is 5.11. The maximum Gasteiger partial charge on any atom is 0.351 e. The Morgan fingerprint density at radius 3 is 2.76 bits per heavy atom. The molecule has 1 fully saturated rings. The standard InChI is InChI=1S/C15H17N3O3/c16-13-6-7-18(15(20)17-13)14-8-11(12(9-19)21-14)10-4-2-1-3-5-10/h1-7,11-12,14,19H,8-9H2,(H2,16,17,20)/t11-,12+,14+/m0/s1. The third kappa shape index (κ3) is 2.68. The average Bonchev–Trinajstić information content (AvgIpc) is 2.92. The largest absolute Gasteiger partial charge is 0.394 e. The number of aliphatic hydroxyl groups excluding tert-OH is 1. The minimum Gasteiger partial charge on any atom is -0.394 e. The summed E-state index contributed by atoms with van der Waals surface area (Å²) < 4.78 is 7.24. The third-order valence-corrected chi connectivity index (χ3v) is 3.81. The minimum atomic E-state index is -0.439. The highest BCUT2D eigenvalue weighted by molar-refractivity contribution is 5.24. The van der Waals surface area contributed by atoms with Crippen LogP contribution in [0.4, 0.5) is 5.82 Å². The van der Waals surface area contributed by atoms with E-state index in [4.69, 9.17) is 10.5 Å². The molecule has 0 unspecified atom stereocenters. The fourth-order valence-corrected chi connectivity index (χ4v) is 2.77. The van der Waals surface area contributed by atoms with Crippen molar-refractivity contribution in [3.8, 4) is 0 Å². The van der Waals surface area contributed by atoms with Crippen molar-refractivity contribution < 1.29 is 9.84 Å². The second-order valence-electron chi connectivity index (χ2n) is 5.11. The van der Waals surface area contributed by atoms with E-state index >= 15 is 0 Å². The van der Waals surface area contributed by atoms with Crippen LogP contribution in [-0.2, 0) is 4.74 Å². The molecular formula is C15H17N3O3. The lowest BCUT2D eigenvalue weighted by molar-refractivity contribution is -0.0274. The number of hydrogen-bond acceptors (Lipinski definition) is 5. The molecule has 0 spiro atoms. The molecule has 110 valence electrons. The molecule has 1 aliphatic heterocycles. The molecule has 0 aliphatic carbocycles. The number of rotatable bonds is 3. The average molecular weight is 287 g/mol. The summed E-state index contributed by atoms with van der Waals surface area (Å²) in [6.07, 6.45) is 1.42. The zero-order valence-corrected chi connectivity index (χ0v) is 11.4. The van der Waals surface area contributed by atoms with Gasteiger partial charge in [-0.15, -0.1) is 0 Å². The summed E-state index contributed by atoms with van der Waals surface area (Å²) in [5.74, 6) is 0.234. The van der Waals surface area contributed by atoms with Gasteiger partial charge in [0.25, 0.3) is 0 Å². The number of nitrogens with zero attached hydrogens (tertiary/aromatic N) is 2. The van der Waals surface area contributed by atoms with E-state index in [0.717, 1.165) is 5.56 Å². The molecule has 2 aromatic rings. The first kappa shape index (κ1) is 13.8. The number of ether oxygens (including phenoxy) is 1. The van der Waals surface area contributed by atoms with E-state index in [-0.39, 0.29) is 24.4 Å². The fraction of sp³-hybridized carbons (Fsp3) is 0.333. The first-order valence-electron chi connectivity index (χ1n) is 6.85. The lowest BCUT2D eigenvalue weighted by Crippen LogP contribution is -2.27. The quantitative estimate of drug-likeness (QED) is 0.875. The van der Waals surface area contributed by atoms with Gasteiger partial charge in [0.05, 0.1) is 12.7 Å². The smallest absolute Gasteiger partial charge is 0.351 e. The monoisotopic (exact) mass is 287 g/mol.